The average molecular weight is 329 g/mol. The third-order valence-electron chi connectivity index (χ3n) is 3.83. The van der Waals surface area contributed by atoms with Crippen molar-refractivity contribution in [3.63, 3.8) is 0 Å². The molecule has 1 aliphatic heterocycles. The molecule has 0 saturated carbocycles. The molecule has 4 heteroatoms. The maximum atomic E-state index is 14.2. The van der Waals surface area contributed by atoms with Crippen molar-refractivity contribution >= 4 is 21.6 Å². The molecular formula is C15H22BrFN2. The smallest absolute Gasteiger partial charge is 0.147 e. The first-order valence-corrected chi connectivity index (χ1v) is 7.90. The molecule has 0 radical (unpaired) electrons. The van der Waals surface area contributed by atoms with Crippen LogP contribution in [0.15, 0.2) is 22.7 Å². The molecule has 1 saturated heterocycles. The molecule has 2 rings (SSSR count). The molecule has 1 N–H and O–H groups in total. The van der Waals surface area contributed by atoms with Gasteiger partial charge in [-0.3, -0.25) is 0 Å². The minimum atomic E-state index is -0.134. The van der Waals surface area contributed by atoms with Crippen LogP contribution in [0.5, 0.6) is 0 Å². The van der Waals surface area contributed by atoms with Gasteiger partial charge in [0.1, 0.15) is 5.82 Å². The van der Waals surface area contributed by atoms with Crippen LogP contribution in [0.25, 0.3) is 0 Å². The molecule has 1 aromatic carbocycles. The van der Waals surface area contributed by atoms with Gasteiger partial charge in [-0.25, -0.2) is 4.39 Å². The van der Waals surface area contributed by atoms with Crippen molar-refractivity contribution in [2.75, 3.05) is 18.0 Å². The van der Waals surface area contributed by atoms with Crippen molar-refractivity contribution in [2.45, 2.75) is 45.2 Å². The highest BCUT2D eigenvalue weighted by molar-refractivity contribution is 9.10. The van der Waals surface area contributed by atoms with Gasteiger partial charge in [0.2, 0.25) is 0 Å². The molecule has 0 bridgehead atoms. The summed E-state index contributed by atoms with van der Waals surface area (Å²) < 4.78 is 15.0. The Morgan fingerprint density at radius 3 is 2.84 bits per heavy atom. The Hall–Kier alpha value is -0.610. The molecular weight excluding hydrogens is 307 g/mol. The fourth-order valence-electron chi connectivity index (χ4n) is 2.78. The van der Waals surface area contributed by atoms with Crippen LogP contribution < -0.4 is 10.2 Å². The van der Waals surface area contributed by atoms with Gasteiger partial charge in [0.05, 0.1) is 5.69 Å². The number of hydrogen-bond acceptors (Lipinski definition) is 2. The number of nitrogens with one attached hydrogen (secondary N) is 1. The number of anilines is 1. The molecule has 19 heavy (non-hydrogen) atoms. The van der Waals surface area contributed by atoms with E-state index in [4.69, 9.17) is 0 Å². The topological polar surface area (TPSA) is 15.3 Å². The summed E-state index contributed by atoms with van der Waals surface area (Å²) in [6.07, 6.45) is 3.33. The van der Waals surface area contributed by atoms with Crippen LogP contribution in [-0.2, 0) is 0 Å². The Balaban J connectivity index is 2.22. The number of benzene rings is 1. The van der Waals surface area contributed by atoms with Crippen LogP contribution >= 0.6 is 15.9 Å². The lowest BCUT2D eigenvalue weighted by atomic mass is 10.0. The zero-order chi connectivity index (χ0) is 13.8. The lowest BCUT2D eigenvalue weighted by Gasteiger charge is -2.42. The van der Waals surface area contributed by atoms with E-state index in [-0.39, 0.29) is 5.82 Å². The zero-order valence-electron chi connectivity index (χ0n) is 11.6. The molecule has 1 heterocycles. The molecule has 1 aromatic rings. The number of nitrogens with zero attached hydrogens (tertiary/aromatic N) is 1. The van der Waals surface area contributed by atoms with E-state index in [1.54, 1.807) is 6.07 Å². The minimum absolute atomic E-state index is 0.134. The van der Waals surface area contributed by atoms with Crippen molar-refractivity contribution in [1.29, 1.82) is 0 Å². The maximum Gasteiger partial charge on any atom is 0.147 e. The standard InChI is InChI=1S/C15H22BrFN2/c1-3-5-12-10-19(13(4-2)9-18-12)15-7-6-11(16)8-14(15)17/h6-8,12-13,18H,3-5,9-10H2,1-2H3. The fourth-order valence-corrected chi connectivity index (χ4v) is 3.11. The predicted octanol–water partition coefficient (Wildman–Crippen LogP) is 3.95. The quantitative estimate of drug-likeness (QED) is 0.900. The Kier molecular flexibility index (Phi) is 5.22. The number of halogens is 2. The predicted molar refractivity (Wildman–Crippen MR) is 82.2 cm³/mol. The second kappa shape index (κ2) is 6.71. The van der Waals surface area contributed by atoms with Crippen LogP contribution in [0.1, 0.15) is 33.1 Å². The van der Waals surface area contributed by atoms with Gasteiger partial charge in [-0.2, -0.15) is 0 Å². The molecule has 1 aliphatic rings. The van der Waals surface area contributed by atoms with Gasteiger partial charge in [-0.05, 0) is 31.0 Å². The first-order chi connectivity index (χ1) is 9.15. The highest BCUT2D eigenvalue weighted by atomic mass is 79.9. The summed E-state index contributed by atoms with van der Waals surface area (Å²) in [7, 11) is 0. The summed E-state index contributed by atoms with van der Waals surface area (Å²) in [5.74, 6) is -0.134. The van der Waals surface area contributed by atoms with Crippen molar-refractivity contribution in [2.24, 2.45) is 0 Å². The van der Waals surface area contributed by atoms with E-state index in [1.165, 1.54) is 0 Å². The first kappa shape index (κ1) is 14.8. The van der Waals surface area contributed by atoms with E-state index in [0.717, 1.165) is 42.5 Å². The van der Waals surface area contributed by atoms with Crippen molar-refractivity contribution in [3.05, 3.63) is 28.5 Å². The summed E-state index contributed by atoms with van der Waals surface area (Å²) in [5.41, 5.74) is 0.734. The van der Waals surface area contributed by atoms with Crippen LogP contribution in [0.3, 0.4) is 0 Å². The Morgan fingerprint density at radius 1 is 1.42 bits per heavy atom. The fraction of sp³-hybridized carbons (Fsp3) is 0.600. The summed E-state index contributed by atoms with van der Waals surface area (Å²) in [5, 5.41) is 3.58. The maximum absolute atomic E-state index is 14.2. The van der Waals surface area contributed by atoms with Gasteiger partial charge in [0, 0.05) is 29.6 Å². The van der Waals surface area contributed by atoms with Crippen molar-refractivity contribution in [1.82, 2.24) is 5.32 Å². The molecule has 2 unspecified atom stereocenters. The van der Waals surface area contributed by atoms with E-state index in [2.05, 4.69) is 40.0 Å². The average Bonchev–Trinajstić information content (AvgIpc) is 2.39. The van der Waals surface area contributed by atoms with Crippen LogP contribution in [0.4, 0.5) is 10.1 Å². The summed E-state index contributed by atoms with van der Waals surface area (Å²) >= 11 is 3.32. The molecule has 0 aliphatic carbocycles. The second-order valence-electron chi connectivity index (χ2n) is 5.20. The van der Waals surface area contributed by atoms with E-state index in [1.807, 2.05) is 12.1 Å². The third kappa shape index (κ3) is 3.48. The minimum Gasteiger partial charge on any atom is -0.363 e. The van der Waals surface area contributed by atoms with Gasteiger partial charge in [0.15, 0.2) is 0 Å². The van der Waals surface area contributed by atoms with E-state index < -0.39 is 0 Å². The monoisotopic (exact) mass is 328 g/mol. The third-order valence-corrected chi connectivity index (χ3v) is 4.32. The first-order valence-electron chi connectivity index (χ1n) is 7.10. The summed E-state index contributed by atoms with van der Waals surface area (Å²) in [6.45, 7) is 6.19. The van der Waals surface area contributed by atoms with Crippen molar-refractivity contribution < 1.29 is 4.39 Å². The number of piperazine rings is 1. The summed E-state index contributed by atoms with van der Waals surface area (Å²) in [6, 6.07) is 6.21. The molecule has 0 amide bonds. The largest absolute Gasteiger partial charge is 0.363 e. The second-order valence-corrected chi connectivity index (χ2v) is 6.12. The molecule has 2 nitrogen and oxygen atoms in total. The summed E-state index contributed by atoms with van der Waals surface area (Å²) in [4.78, 5) is 2.23. The van der Waals surface area contributed by atoms with Gasteiger partial charge in [-0.15, -0.1) is 0 Å². The zero-order valence-corrected chi connectivity index (χ0v) is 13.2. The lowest BCUT2D eigenvalue weighted by Crippen LogP contribution is -2.56. The Labute approximate surface area is 123 Å². The van der Waals surface area contributed by atoms with Gasteiger partial charge in [-0.1, -0.05) is 36.2 Å². The number of hydrogen-bond donors (Lipinski definition) is 1. The highest BCUT2D eigenvalue weighted by Gasteiger charge is 2.27. The lowest BCUT2D eigenvalue weighted by molar-refractivity contribution is 0.366. The van der Waals surface area contributed by atoms with E-state index >= 15 is 0 Å². The van der Waals surface area contributed by atoms with Crippen LogP contribution in [0, 0.1) is 5.82 Å². The van der Waals surface area contributed by atoms with Crippen LogP contribution in [-0.4, -0.2) is 25.2 Å². The molecule has 0 aromatic heterocycles. The SMILES string of the molecule is CCCC1CN(c2ccc(Br)cc2F)C(CC)CN1. The molecule has 2 atom stereocenters. The Morgan fingerprint density at radius 2 is 2.21 bits per heavy atom. The van der Waals surface area contributed by atoms with Crippen LogP contribution in [0.2, 0.25) is 0 Å². The van der Waals surface area contributed by atoms with Gasteiger partial charge in [0.25, 0.3) is 0 Å². The molecule has 0 spiro atoms. The van der Waals surface area contributed by atoms with Gasteiger partial charge < -0.3 is 10.2 Å². The van der Waals surface area contributed by atoms with E-state index in [9.17, 15) is 4.39 Å². The highest BCUT2D eigenvalue weighted by Crippen LogP contribution is 2.27. The van der Waals surface area contributed by atoms with Crippen molar-refractivity contribution in [3.8, 4) is 0 Å². The number of rotatable bonds is 4. The normalized spacial score (nSPS) is 23.7. The Bertz CT molecular complexity index is 425. The van der Waals surface area contributed by atoms with E-state index in [0.29, 0.717) is 12.1 Å². The van der Waals surface area contributed by atoms with Gasteiger partial charge >= 0.3 is 0 Å². The molecule has 1 fully saturated rings. The molecule has 106 valence electrons.